The molecule has 220 valence electrons. The van der Waals surface area contributed by atoms with E-state index in [4.69, 9.17) is 0 Å². The summed E-state index contributed by atoms with van der Waals surface area (Å²) >= 11 is 0. The number of anilines is 6. The average molecular weight is 602 g/mol. The smallest absolute Gasteiger partial charge is 0.263 e. The Bertz CT molecular complexity index is 2610. The van der Waals surface area contributed by atoms with Crippen LogP contribution >= 0.6 is 0 Å². The topological polar surface area (TPSA) is 28.5 Å². The van der Waals surface area contributed by atoms with Crippen molar-refractivity contribution in [2.24, 2.45) is 0 Å². The molecule has 3 heterocycles. The molecule has 0 N–H and O–H groups in total. The van der Waals surface area contributed by atoms with Crippen molar-refractivity contribution in [2.75, 3.05) is 9.80 Å². The number of benzene rings is 7. The Morgan fingerprint density at radius 3 is 1.72 bits per heavy atom. The van der Waals surface area contributed by atoms with E-state index in [1.54, 1.807) is 0 Å². The Morgan fingerprint density at radius 2 is 0.957 bits per heavy atom. The van der Waals surface area contributed by atoms with Crippen LogP contribution in [0.5, 0.6) is 0 Å². The number of hydrogen-bond donors (Lipinski definition) is 0. The van der Waals surface area contributed by atoms with Gasteiger partial charge in [0.05, 0.1) is 39.6 Å². The maximum atomic E-state index is 14.4. The van der Waals surface area contributed by atoms with Crippen molar-refractivity contribution in [3.63, 3.8) is 0 Å². The highest BCUT2D eigenvalue weighted by Gasteiger charge is 2.38. The van der Waals surface area contributed by atoms with Gasteiger partial charge < -0.3 is 9.80 Å². The number of hydrogen-bond acceptors (Lipinski definition) is 3. The standard InChI is InChI=1S/C43H27N3O/c47-43-35-19-8-7-18-33(35)34-23-25-39-42-41(34)46(43)37-21-10-9-20-36(37)45(42)40-27-31(29-14-5-2-6-15-29)22-24-38(40)44(39)32-17-11-16-30(26-32)28-12-3-1-4-13-28/h1-27H. The largest absolute Gasteiger partial charge is 0.306 e. The highest BCUT2D eigenvalue weighted by Crippen LogP contribution is 2.59. The molecule has 8 aromatic rings. The van der Waals surface area contributed by atoms with E-state index in [0.29, 0.717) is 0 Å². The van der Waals surface area contributed by atoms with E-state index in [-0.39, 0.29) is 5.56 Å². The zero-order chi connectivity index (χ0) is 31.1. The Kier molecular flexibility index (Phi) is 5.40. The summed E-state index contributed by atoms with van der Waals surface area (Å²) in [5, 5.41) is 2.74. The summed E-state index contributed by atoms with van der Waals surface area (Å²) in [5.41, 5.74) is 12.6. The first-order valence-electron chi connectivity index (χ1n) is 15.9. The third-order valence-corrected chi connectivity index (χ3v) is 9.61. The lowest BCUT2D eigenvalue weighted by molar-refractivity contribution is 1.02. The molecule has 0 bridgehead atoms. The van der Waals surface area contributed by atoms with Crippen LogP contribution in [-0.2, 0) is 0 Å². The number of aromatic nitrogens is 1. The molecule has 4 nitrogen and oxygen atoms in total. The Balaban J connectivity index is 1.34. The molecule has 10 rings (SSSR count). The monoisotopic (exact) mass is 601 g/mol. The second kappa shape index (κ2) is 9.80. The van der Waals surface area contributed by atoms with Gasteiger partial charge in [-0.1, -0.05) is 109 Å². The van der Waals surface area contributed by atoms with Gasteiger partial charge in [0, 0.05) is 16.5 Å². The third kappa shape index (κ3) is 3.67. The van der Waals surface area contributed by atoms with Crippen molar-refractivity contribution in [1.29, 1.82) is 0 Å². The molecule has 0 saturated heterocycles. The van der Waals surface area contributed by atoms with Gasteiger partial charge in [0.2, 0.25) is 0 Å². The molecule has 0 aliphatic carbocycles. The molecule has 0 radical (unpaired) electrons. The lowest BCUT2D eigenvalue weighted by atomic mass is 9.95. The van der Waals surface area contributed by atoms with Gasteiger partial charge in [-0.05, 0) is 82.2 Å². The van der Waals surface area contributed by atoms with E-state index >= 15 is 0 Å². The van der Waals surface area contributed by atoms with Crippen LogP contribution < -0.4 is 15.4 Å². The fraction of sp³-hybridized carbons (Fsp3) is 0. The first-order chi connectivity index (χ1) is 23.3. The number of pyridine rings is 1. The van der Waals surface area contributed by atoms with Crippen molar-refractivity contribution < 1.29 is 0 Å². The number of nitrogens with zero attached hydrogens (tertiary/aromatic N) is 3. The average Bonchev–Trinajstić information content (AvgIpc) is 3.15. The molecular weight excluding hydrogens is 574 g/mol. The van der Waals surface area contributed by atoms with Crippen LogP contribution in [0.25, 0.3) is 49.6 Å². The van der Waals surface area contributed by atoms with E-state index in [1.165, 1.54) is 5.56 Å². The molecule has 0 fully saturated rings. The van der Waals surface area contributed by atoms with Gasteiger partial charge in [-0.15, -0.1) is 0 Å². The summed E-state index contributed by atoms with van der Waals surface area (Å²) in [7, 11) is 0. The Hall–Kier alpha value is -6.39. The SMILES string of the molecule is O=c1c2ccccc2c2ccc3c4c2n1-c1ccccc1N4c1cc(-c2ccccc2)ccc1N3c1cccc(-c2ccccc2)c1. The highest BCUT2D eigenvalue weighted by molar-refractivity contribution is 6.19. The minimum Gasteiger partial charge on any atom is -0.306 e. The van der Waals surface area contributed by atoms with Crippen LogP contribution in [0.3, 0.4) is 0 Å². The van der Waals surface area contributed by atoms with Gasteiger partial charge in [-0.25, -0.2) is 0 Å². The molecule has 0 saturated carbocycles. The first kappa shape index (κ1) is 25.9. The third-order valence-electron chi connectivity index (χ3n) is 9.61. The quantitative estimate of drug-likeness (QED) is 0.189. The molecule has 2 aliphatic rings. The van der Waals surface area contributed by atoms with Gasteiger partial charge in [0.15, 0.2) is 0 Å². The number of rotatable bonds is 3. The van der Waals surface area contributed by atoms with E-state index in [9.17, 15) is 4.79 Å². The maximum absolute atomic E-state index is 14.4. The molecule has 0 atom stereocenters. The molecule has 4 heteroatoms. The van der Waals surface area contributed by atoms with Crippen LogP contribution in [0.4, 0.5) is 34.1 Å². The second-order valence-electron chi connectivity index (χ2n) is 12.2. The van der Waals surface area contributed by atoms with Gasteiger partial charge >= 0.3 is 0 Å². The Labute approximate surface area is 271 Å². The van der Waals surface area contributed by atoms with E-state index < -0.39 is 0 Å². The zero-order valence-electron chi connectivity index (χ0n) is 25.3. The summed E-state index contributed by atoms with van der Waals surface area (Å²) in [6.07, 6.45) is 0. The molecular formula is C43H27N3O. The van der Waals surface area contributed by atoms with Crippen LogP contribution in [0.1, 0.15) is 0 Å². The van der Waals surface area contributed by atoms with E-state index in [1.807, 2.05) is 34.9 Å². The number of fused-ring (bicyclic) bond motifs is 7. The number of para-hydroxylation sites is 2. The lowest BCUT2D eigenvalue weighted by Gasteiger charge is -2.44. The minimum absolute atomic E-state index is 0.00458. The van der Waals surface area contributed by atoms with Crippen molar-refractivity contribution >= 4 is 55.8 Å². The predicted octanol–water partition coefficient (Wildman–Crippen LogP) is 11.0. The Morgan fingerprint density at radius 1 is 0.362 bits per heavy atom. The minimum atomic E-state index is -0.00458. The molecule has 7 aromatic carbocycles. The van der Waals surface area contributed by atoms with E-state index in [0.717, 1.165) is 78.2 Å². The van der Waals surface area contributed by atoms with Crippen LogP contribution in [0.15, 0.2) is 169 Å². The molecule has 0 unspecified atom stereocenters. The van der Waals surface area contributed by atoms with Gasteiger partial charge in [-0.2, -0.15) is 0 Å². The first-order valence-corrected chi connectivity index (χ1v) is 15.9. The molecule has 0 amide bonds. The fourth-order valence-electron chi connectivity index (χ4n) is 7.55. The van der Waals surface area contributed by atoms with Crippen molar-refractivity contribution in [1.82, 2.24) is 4.57 Å². The summed E-state index contributed by atoms with van der Waals surface area (Å²) < 4.78 is 1.94. The lowest BCUT2D eigenvalue weighted by Crippen LogP contribution is -2.31. The molecule has 2 aliphatic heterocycles. The van der Waals surface area contributed by atoms with Gasteiger partial charge in [0.1, 0.15) is 0 Å². The fourth-order valence-corrected chi connectivity index (χ4v) is 7.55. The molecule has 0 spiro atoms. The summed E-state index contributed by atoms with van der Waals surface area (Å²) in [5.74, 6) is 0. The van der Waals surface area contributed by atoms with Gasteiger partial charge in [0.25, 0.3) is 5.56 Å². The summed E-state index contributed by atoms with van der Waals surface area (Å²) in [6.45, 7) is 0. The van der Waals surface area contributed by atoms with Gasteiger partial charge in [-0.3, -0.25) is 9.36 Å². The normalized spacial score (nSPS) is 12.7. The van der Waals surface area contributed by atoms with Crippen molar-refractivity contribution in [3.05, 3.63) is 174 Å². The van der Waals surface area contributed by atoms with Crippen molar-refractivity contribution in [3.8, 4) is 27.9 Å². The van der Waals surface area contributed by atoms with Crippen LogP contribution in [0.2, 0.25) is 0 Å². The summed E-state index contributed by atoms with van der Waals surface area (Å²) in [4.78, 5) is 19.2. The molecule has 47 heavy (non-hydrogen) atoms. The van der Waals surface area contributed by atoms with Crippen molar-refractivity contribution in [2.45, 2.75) is 0 Å². The van der Waals surface area contributed by atoms with Crippen LogP contribution in [0, 0.1) is 0 Å². The predicted molar refractivity (Wildman–Crippen MR) is 194 cm³/mol. The van der Waals surface area contributed by atoms with E-state index in [2.05, 4.69) is 143 Å². The van der Waals surface area contributed by atoms with Crippen LogP contribution in [-0.4, -0.2) is 4.57 Å². The molecule has 1 aromatic heterocycles. The zero-order valence-corrected chi connectivity index (χ0v) is 25.3. The maximum Gasteiger partial charge on any atom is 0.263 e. The highest BCUT2D eigenvalue weighted by atomic mass is 16.1. The summed E-state index contributed by atoms with van der Waals surface area (Å²) in [6, 6.07) is 57.2. The second-order valence-corrected chi connectivity index (χ2v) is 12.2.